The second-order valence-electron chi connectivity index (χ2n) is 7.56. The maximum absolute atomic E-state index is 15.1. The Morgan fingerprint density at radius 1 is 1.25 bits per heavy atom. The predicted molar refractivity (Wildman–Crippen MR) is 102 cm³/mol. The van der Waals surface area contributed by atoms with Gasteiger partial charge >= 0.3 is 6.09 Å². The van der Waals surface area contributed by atoms with E-state index in [0.717, 1.165) is 6.07 Å². The molecule has 3 amide bonds. The van der Waals surface area contributed by atoms with Crippen LogP contribution >= 0.6 is 15.9 Å². The first-order valence-corrected chi connectivity index (χ1v) is 9.39. The van der Waals surface area contributed by atoms with Crippen LogP contribution in [0.3, 0.4) is 0 Å². The van der Waals surface area contributed by atoms with E-state index in [-0.39, 0.29) is 36.0 Å². The first kappa shape index (κ1) is 22.1. The van der Waals surface area contributed by atoms with E-state index in [9.17, 15) is 18.8 Å². The number of amides is 3. The fourth-order valence-corrected chi connectivity index (χ4v) is 3.15. The van der Waals surface area contributed by atoms with E-state index in [2.05, 4.69) is 21.2 Å². The fraction of sp³-hybridized carbons (Fsp3) is 0.500. The maximum Gasteiger partial charge on any atom is 0.410 e. The number of rotatable bonds is 3. The van der Waals surface area contributed by atoms with Gasteiger partial charge in [-0.3, -0.25) is 9.59 Å². The topological polar surface area (TPSA) is 102 Å². The molecule has 3 N–H and O–H groups in total. The van der Waals surface area contributed by atoms with E-state index in [0.29, 0.717) is 0 Å². The number of nitrogens with zero attached hydrogens (tertiary/aromatic N) is 1. The summed E-state index contributed by atoms with van der Waals surface area (Å²) in [6.45, 7) is 5.06. The normalized spacial score (nSPS) is 16.4. The molecule has 1 fully saturated rings. The van der Waals surface area contributed by atoms with Crippen LogP contribution in [0.25, 0.3) is 0 Å². The van der Waals surface area contributed by atoms with Gasteiger partial charge in [0.1, 0.15) is 11.4 Å². The lowest BCUT2D eigenvalue weighted by Gasteiger charge is -2.36. The van der Waals surface area contributed by atoms with Crippen molar-refractivity contribution in [1.82, 2.24) is 4.90 Å². The first-order valence-electron chi connectivity index (χ1n) is 8.59. The van der Waals surface area contributed by atoms with Crippen LogP contribution in [0.4, 0.5) is 19.3 Å². The smallest absolute Gasteiger partial charge is 0.410 e. The van der Waals surface area contributed by atoms with Gasteiger partial charge in [-0.25, -0.2) is 13.6 Å². The standard InChI is InChI=1S/C18H22BrF2N3O4/c1-17(2,3)28-16(27)24-6-4-18(21,5-7-24)15(26)23-13-11(14(22)25)8-10(19)9-12(13)20/h8-9H,4-7H2,1-3H3,(H2,22,25)(H,23,26). The number of primary amides is 1. The van der Waals surface area contributed by atoms with Crippen LogP contribution < -0.4 is 11.1 Å². The Kier molecular flexibility index (Phi) is 6.32. The molecule has 154 valence electrons. The third-order valence-corrected chi connectivity index (χ3v) is 4.63. The molecule has 0 aliphatic carbocycles. The van der Waals surface area contributed by atoms with Crippen LogP contribution in [-0.2, 0) is 9.53 Å². The number of hydrogen-bond donors (Lipinski definition) is 2. The molecule has 0 atom stereocenters. The Labute approximate surface area is 169 Å². The van der Waals surface area contributed by atoms with Gasteiger partial charge in [-0.1, -0.05) is 15.9 Å². The van der Waals surface area contributed by atoms with Crippen molar-refractivity contribution in [2.75, 3.05) is 18.4 Å². The Balaban J connectivity index is 2.10. The molecule has 0 bridgehead atoms. The average molecular weight is 462 g/mol. The number of hydrogen-bond acceptors (Lipinski definition) is 4. The number of piperidine rings is 1. The predicted octanol–water partition coefficient (Wildman–Crippen LogP) is 3.36. The molecule has 1 saturated heterocycles. The molecular formula is C18H22BrF2N3O4. The maximum atomic E-state index is 15.1. The van der Waals surface area contributed by atoms with Gasteiger partial charge < -0.3 is 20.7 Å². The molecule has 0 spiro atoms. The van der Waals surface area contributed by atoms with E-state index in [4.69, 9.17) is 10.5 Å². The van der Waals surface area contributed by atoms with Gasteiger partial charge in [0.25, 0.3) is 11.8 Å². The van der Waals surface area contributed by atoms with Crippen LogP contribution in [0.15, 0.2) is 16.6 Å². The molecule has 0 radical (unpaired) electrons. The van der Waals surface area contributed by atoms with E-state index in [1.807, 2.05) is 0 Å². The highest BCUT2D eigenvalue weighted by Gasteiger charge is 2.44. The highest BCUT2D eigenvalue weighted by molar-refractivity contribution is 9.10. The summed E-state index contributed by atoms with van der Waals surface area (Å²) in [4.78, 5) is 37.4. The molecule has 2 rings (SSSR count). The molecule has 1 heterocycles. The Morgan fingerprint density at radius 3 is 2.32 bits per heavy atom. The minimum atomic E-state index is -2.33. The van der Waals surface area contributed by atoms with Gasteiger partial charge in [-0.15, -0.1) is 0 Å². The van der Waals surface area contributed by atoms with Gasteiger partial charge in [-0.05, 0) is 32.9 Å². The molecule has 1 aliphatic rings. The third-order valence-electron chi connectivity index (χ3n) is 4.17. The molecule has 10 heteroatoms. The number of nitrogens with one attached hydrogen (secondary N) is 1. The summed E-state index contributed by atoms with van der Waals surface area (Å²) in [6.07, 6.45) is -1.17. The van der Waals surface area contributed by atoms with Crippen LogP contribution in [0.1, 0.15) is 44.0 Å². The molecular weight excluding hydrogens is 440 g/mol. The van der Waals surface area contributed by atoms with Crippen molar-refractivity contribution >= 4 is 39.5 Å². The average Bonchev–Trinajstić information content (AvgIpc) is 2.55. The summed E-state index contributed by atoms with van der Waals surface area (Å²) in [7, 11) is 0. The SMILES string of the molecule is CC(C)(C)OC(=O)N1CCC(F)(C(=O)Nc2c(F)cc(Br)cc2C(N)=O)CC1. The number of likely N-dealkylation sites (tertiary alicyclic amines) is 1. The first-order chi connectivity index (χ1) is 12.8. The second kappa shape index (κ2) is 8.02. The molecule has 1 aliphatic heterocycles. The molecule has 0 aromatic heterocycles. The van der Waals surface area contributed by atoms with Crippen molar-refractivity contribution in [3.8, 4) is 0 Å². The van der Waals surface area contributed by atoms with Crippen LogP contribution in [0.2, 0.25) is 0 Å². The number of ether oxygens (including phenoxy) is 1. The number of carbonyl (C=O) groups is 3. The minimum absolute atomic E-state index is 0.0374. The summed E-state index contributed by atoms with van der Waals surface area (Å²) in [5, 5.41) is 2.13. The molecule has 7 nitrogen and oxygen atoms in total. The van der Waals surface area contributed by atoms with Gasteiger partial charge in [0.15, 0.2) is 5.67 Å². The third kappa shape index (κ3) is 5.18. The van der Waals surface area contributed by atoms with Crippen LogP contribution in [0.5, 0.6) is 0 Å². The van der Waals surface area contributed by atoms with Crippen molar-refractivity contribution in [3.63, 3.8) is 0 Å². The Hall–Kier alpha value is -2.23. The quantitative estimate of drug-likeness (QED) is 0.719. The van der Waals surface area contributed by atoms with Crippen molar-refractivity contribution in [3.05, 3.63) is 28.0 Å². The number of alkyl halides is 1. The molecule has 1 aromatic rings. The molecule has 28 heavy (non-hydrogen) atoms. The molecule has 1 aromatic carbocycles. The lowest BCUT2D eigenvalue weighted by atomic mass is 9.92. The summed E-state index contributed by atoms with van der Waals surface area (Å²) in [6, 6.07) is 2.26. The summed E-state index contributed by atoms with van der Waals surface area (Å²) < 4.78 is 34.8. The lowest BCUT2D eigenvalue weighted by Crippen LogP contribution is -2.51. The number of halogens is 3. The Bertz CT molecular complexity index is 803. The van der Waals surface area contributed by atoms with Crippen molar-refractivity contribution in [1.29, 1.82) is 0 Å². The second-order valence-corrected chi connectivity index (χ2v) is 8.48. The van der Waals surface area contributed by atoms with E-state index >= 15 is 4.39 Å². The zero-order valence-corrected chi connectivity index (χ0v) is 17.4. The number of anilines is 1. The zero-order chi connectivity index (χ0) is 21.3. The highest BCUT2D eigenvalue weighted by atomic mass is 79.9. The van der Waals surface area contributed by atoms with E-state index in [1.54, 1.807) is 20.8 Å². The highest BCUT2D eigenvalue weighted by Crippen LogP contribution is 2.31. The molecule has 0 unspecified atom stereocenters. The number of benzene rings is 1. The summed E-state index contributed by atoms with van der Waals surface area (Å²) in [5.74, 6) is -2.99. The minimum Gasteiger partial charge on any atom is -0.444 e. The fourth-order valence-electron chi connectivity index (χ4n) is 2.72. The van der Waals surface area contributed by atoms with Gasteiger partial charge in [-0.2, -0.15) is 0 Å². The number of nitrogens with two attached hydrogens (primary N) is 1. The molecule has 0 saturated carbocycles. The number of carbonyl (C=O) groups excluding carboxylic acids is 3. The van der Waals surface area contributed by atoms with Gasteiger partial charge in [0, 0.05) is 30.4 Å². The Morgan fingerprint density at radius 2 is 1.82 bits per heavy atom. The van der Waals surface area contributed by atoms with E-state index < -0.39 is 40.7 Å². The van der Waals surface area contributed by atoms with Crippen LogP contribution in [-0.4, -0.2) is 47.2 Å². The monoisotopic (exact) mass is 461 g/mol. The summed E-state index contributed by atoms with van der Waals surface area (Å²) in [5.41, 5.74) is 1.43. The summed E-state index contributed by atoms with van der Waals surface area (Å²) >= 11 is 3.03. The van der Waals surface area contributed by atoms with E-state index in [1.165, 1.54) is 11.0 Å². The van der Waals surface area contributed by atoms with Crippen molar-refractivity contribution in [2.45, 2.75) is 44.9 Å². The van der Waals surface area contributed by atoms with Crippen molar-refractivity contribution in [2.24, 2.45) is 5.73 Å². The van der Waals surface area contributed by atoms with Gasteiger partial charge in [0.05, 0.1) is 11.3 Å². The van der Waals surface area contributed by atoms with Crippen LogP contribution in [0, 0.1) is 5.82 Å². The van der Waals surface area contributed by atoms with Gasteiger partial charge in [0.2, 0.25) is 0 Å². The largest absolute Gasteiger partial charge is 0.444 e. The lowest BCUT2D eigenvalue weighted by molar-refractivity contribution is -0.130. The van der Waals surface area contributed by atoms with Crippen molar-refractivity contribution < 1.29 is 27.9 Å². The zero-order valence-electron chi connectivity index (χ0n) is 15.8.